The van der Waals surface area contributed by atoms with E-state index in [1.54, 1.807) is 18.9 Å². The standard InChI is InChI=1S/C23H30N2O3/c1-5-20-8-6-7-17(2)23(20)24-22(27)14-16-25(18(3)26)15-13-19-9-11-21(28-4)12-10-19/h6-12H,5,13-16H2,1-4H3,(H,24,27). The minimum Gasteiger partial charge on any atom is -0.497 e. The van der Waals surface area contributed by atoms with Crippen LogP contribution in [0.15, 0.2) is 42.5 Å². The third-order valence-electron chi connectivity index (χ3n) is 4.89. The molecule has 0 aliphatic carbocycles. The van der Waals surface area contributed by atoms with Crippen LogP contribution in [0.2, 0.25) is 0 Å². The van der Waals surface area contributed by atoms with Gasteiger partial charge in [-0.1, -0.05) is 37.3 Å². The Kier molecular flexibility index (Phi) is 8.05. The minimum absolute atomic E-state index is 0.0218. The molecule has 2 rings (SSSR count). The van der Waals surface area contributed by atoms with E-state index in [-0.39, 0.29) is 18.2 Å². The number of para-hydroxylation sites is 1. The molecule has 0 heterocycles. The topological polar surface area (TPSA) is 58.6 Å². The number of nitrogens with zero attached hydrogens (tertiary/aromatic N) is 1. The Morgan fingerprint density at radius 2 is 1.79 bits per heavy atom. The number of ether oxygens (including phenoxy) is 1. The van der Waals surface area contributed by atoms with E-state index >= 15 is 0 Å². The highest BCUT2D eigenvalue weighted by atomic mass is 16.5. The van der Waals surface area contributed by atoms with E-state index in [1.807, 2.05) is 49.4 Å². The van der Waals surface area contributed by atoms with Crippen LogP contribution < -0.4 is 10.1 Å². The first-order valence-electron chi connectivity index (χ1n) is 9.71. The SMILES string of the molecule is CCc1cccc(C)c1NC(=O)CCN(CCc1ccc(OC)cc1)C(C)=O. The third-order valence-corrected chi connectivity index (χ3v) is 4.89. The van der Waals surface area contributed by atoms with Crippen molar-refractivity contribution < 1.29 is 14.3 Å². The van der Waals surface area contributed by atoms with Gasteiger partial charge in [0.15, 0.2) is 0 Å². The van der Waals surface area contributed by atoms with Crippen molar-refractivity contribution in [1.82, 2.24) is 4.90 Å². The fraction of sp³-hybridized carbons (Fsp3) is 0.391. The number of nitrogens with one attached hydrogen (secondary N) is 1. The van der Waals surface area contributed by atoms with Crippen molar-refractivity contribution in [3.63, 3.8) is 0 Å². The smallest absolute Gasteiger partial charge is 0.226 e. The first-order valence-corrected chi connectivity index (χ1v) is 9.71. The molecule has 0 radical (unpaired) electrons. The summed E-state index contributed by atoms with van der Waals surface area (Å²) in [6, 6.07) is 13.8. The fourth-order valence-corrected chi connectivity index (χ4v) is 3.12. The Morgan fingerprint density at radius 3 is 2.39 bits per heavy atom. The lowest BCUT2D eigenvalue weighted by atomic mass is 10.1. The van der Waals surface area contributed by atoms with Crippen LogP contribution in [0.1, 0.15) is 37.0 Å². The average Bonchev–Trinajstić information content (AvgIpc) is 2.69. The van der Waals surface area contributed by atoms with Crippen LogP contribution in [-0.2, 0) is 22.4 Å². The molecule has 0 fully saturated rings. The number of hydrogen-bond acceptors (Lipinski definition) is 3. The number of rotatable bonds is 9. The van der Waals surface area contributed by atoms with Gasteiger partial charge in [0, 0.05) is 32.1 Å². The van der Waals surface area contributed by atoms with E-state index in [9.17, 15) is 9.59 Å². The predicted octanol–water partition coefficient (Wildman–Crippen LogP) is 3.99. The number of aryl methyl sites for hydroxylation is 2. The number of benzene rings is 2. The molecule has 0 aromatic heterocycles. The molecular formula is C23H30N2O3. The molecule has 0 saturated carbocycles. The van der Waals surface area contributed by atoms with Crippen molar-refractivity contribution in [2.75, 3.05) is 25.5 Å². The Bertz CT molecular complexity index is 800. The van der Waals surface area contributed by atoms with E-state index in [0.29, 0.717) is 13.1 Å². The molecule has 28 heavy (non-hydrogen) atoms. The molecule has 5 heteroatoms. The number of carbonyl (C=O) groups excluding carboxylic acids is 2. The van der Waals surface area contributed by atoms with Gasteiger partial charge in [-0.2, -0.15) is 0 Å². The Hall–Kier alpha value is -2.82. The fourth-order valence-electron chi connectivity index (χ4n) is 3.12. The summed E-state index contributed by atoms with van der Waals surface area (Å²) in [5, 5.41) is 3.02. The van der Waals surface area contributed by atoms with Crippen LogP contribution in [0.3, 0.4) is 0 Å². The maximum absolute atomic E-state index is 12.4. The van der Waals surface area contributed by atoms with Crippen molar-refractivity contribution in [1.29, 1.82) is 0 Å². The Morgan fingerprint density at radius 1 is 1.07 bits per heavy atom. The van der Waals surface area contributed by atoms with E-state index in [1.165, 1.54) is 0 Å². The number of methoxy groups -OCH3 is 1. The van der Waals surface area contributed by atoms with Gasteiger partial charge < -0.3 is 15.0 Å². The second kappa shape index (κ2) is 10.5. The molecule has 2 amide bonds. The molecule has 150 valence electrons. The van der Waals surface area contributed by atoms with E-state index in [4.69, 9.17) is 4.74 Å². The molecule has 2 aromatic carbocycles. The molecule has 0 atom stereocenters. The molecule has 0 unspecified atom stereocenters. The van der Waals surface area contributed by atoms with Crippen molar-refractivity contribution >= 4 is 17.5 Å². The lowest BCUT2D eigenvalue weighted by Crippen LogP contribution is -2.33. The molecule has 2 aromatic rings. The molecule has 0 spiro atoms. The van der Waals surface area contributed by atoms with Gasteiger partial charge in [0.25, 0.3) is 0 Å². The van der Waals surface area contributed by atoms with Crippen LogP contribution in [-0.4, -0.2) is 36.9 Å². The maximum atomic E-state index is 12.4. The molecule has 0 bridgehead atoms. The second-order valence-corrected chi connectivity index (χ2v) is 6.86. The zero-order valence-electron chi connectivity index (χ0n) is 17.2. The zero-order chi connectivity index (χ0) is 20.5. The van der Waals surface area contributed by atoms with Crippen LogP contribution >= 0.6 is 0 Å². The normalized spacial score (nSPS) is 10.4. The van der Waals surface area contributed by atoms with Gasteiger partial charge in [-0.3, -0.25) is 9.59 Å². The highest BCUT2D eigenvalue weighted by Gasteiger charge is 2.13. The van der Waals surface area contributed by atoms with Gasteiger partial charge in [0.1, 0.15) is 5.75 Å². The number of carbonyl (C=O) groups is 2. The highest BCUT2D eigenvalue weighted by Crippen LogP contribution is 2.21. The third kappa shape index (κ3) is 6.12. The quantitative estimate of drug-likeness (QED) is 0.713. The molecular weight excluding hydrogens is 352 g/mol. The Labute approximate surface area is 167 Å². The molecule has 1 N–H and O–H groups in total. The van der Waals surface area contributed by atoms with Crippen LogP contribution in [0.4, 0.5) is 5.69 Å². The molecule has 0 aliphatic rings. The van der Waals surface area contributed by atoms with Crippen molar-refractivity contribution in [3.8, 4) is 5.75 Å². The summed E-state index contributed by atoms with van der Waals surface area (Å²) in [6.07, 6.45) is 1.88. The maximum Gasteiger partial charge on any atom is 0.226 e. The van der Waals surface area contributed by atoms with E-state index in [2.05, 4.69) is 12.2 Å². The molecule has 0 saturated heterocycles. The zero-order valence-corrected chi connectivity index (χ0v) is 17.2. The summed E-state index contributed by atoms with van der Waals surface area (Å²) in [4.78, 5) is 26.1. The van der Waals surface area contributed by atoms with Gasteiger partial charge in [0.05, 0.1) is 7.11 Å². The lowest BCUT2D eigenvalue weighted by Gasteiger charge is -2.21. The predicted molar refractivity (Wildman–Crippen MR) is 113 cm³/mol. The number of anilines is 1. The second-order valence-electron chi connectivity index (χ2n) is 6.86. The van der Waals surface area contributed by atoms with E-state index in [0.717, 1.165) is 41.0 Å². The van der Waals surface area contributed by atoms with Crippen molar-refractivity contribution in [2.45, 2.75) is 40.0 Å². The van der Waals surface area contributed by atoms with Gasteiger partial charge in [-0.25, -0.2) is 0 Å². The summed E-state index contributed by atoms with van der Waals surface area (Å²) in [6.45, 7) is 6.60. The first-order chi connectivity index (χ1) is 13.4. The van der Waals surface area contributed by atoms with Crippen LogP contribution in [0.25, 0.3) is 0 Å². The summed E-state index contributed by atoms with van der Waals surface area (Å²) < 4.78 is 5.16. The van der Waals surface area contributed by atoms with Crippen LogP contribution in [0.5, 0.6) is 5.75 Å². The Balaban J connectivity index is 1.90. The van der Waals surface area contributed by atoms with Gasteiger partial charge in [-0.15, -0.1) is 0 Å². The summed E-state index contributed by atoms with van der Waals surface area (Å²) >= 11 is 0. The lowest BCUT2D eigenvalue weighted by molar-refractivity contribution is -0.129. The minimum atomic E-state index is -0.0697. The summed E-state index contributed by atoms with van der Waals surface area (Å²) in [7, 11) is 1.64. The number of hydrogen-bond donors (Lipinski definition) is 1. The highest BCUT2D eigenvalue weighted by molar-refractivity contribution is 5.92. The number of amides is 2. The van der Waals surface area contributed by atoms with Crippen molar-refractivity contribution in [2.24, 2.45) is 0 Å². The molecule has 5 nitrogen and oxygen atoms in total. The monoisotopic (exact) mass is 382 g/mol. The van der Waals surface area contributed by atoms with Gasteiger partial charge in [0.2, 0.25) is 11.8 Å². The summed E-state index contributed by atoms with van der Waals surface area (Å²) in [5.74, 6) is 0.720. The largest absolute Gasteiger partial charge is 0.497 e. The van der Waals surface area contributed by atoms with E-state index < -0.39 is 0 Å². The van der Waals surface area contributed by atoms with Crippen LogP contribution in [0, 0.1) is 6.92 Å². The molecule has 0 aliphatic heterocycles. The van der Waals surface area contributed by atoms with Gasteiger partial charge >= 0.3 is 0 Å². The first kappa shape index (κ1) is 21.5. The van der Waals surface area contributed by atoms with Crippen molar-refractivity contribution in [3.05, 3.63) is 59.2 Å². The summed E-state index contributed by atoms with van der Waals surface area (Å²) in [5.41, 5.74) is 4.19. The van der Waals surface area contributed by atoms with Gasteiger partial charge in [-0.05, 0) is 48.6 Å². The average molecular weight is 383 g/mol.